The van der Waals surface area contributed by atoms with Crippen molar-refractivity contribution < 1.29 is 38.8 Å². The Morgan fingerprint density at radius 3 is 2.17 bits per heavy atom. The molecule has 4 fully saturated rings. The summed E-state index contributed by atoms with van der Waals surface area (Å²) in [6.07, 6.45) is 3.33. The fourth-order valence-electron chi connectivity index (χ4n) is 10.2. The Balaban J connectivity index is 1.80. The maximum absolute atomic E-state index is 13.9. The minimum atomic E-state index is -0.757. The number of carbonyl (C=O) groups is 3. The molecule has 4 aliphatic carbocycles. The van der Waals surface area contributed by atoms with Gasteiger partial charge in [-0.25, -0.2) is 4.79 Å². The van der Waals surface area contributed by atoms with Gasteiger partial charge in [0.05, 0.1) is 17.6 Å². The van der Waals surface area contributed by atoms with Crippen LogP contribution in [0.1, 0.15) is 121 Å². The van der Waals surface area contributed by atoms with E-state index in [1.807, 2.05) is 13.8 Å². The van der Waals surface area contributed by atoms with Crippen molar-refractivity contribution in [2.45, 2.75) is 139 Å². The minimum Gasteiger partial charge on any atom is -0.458 e. The number of carbonyl (C=O) groups excluding carboxylic acids is 3. The molecule has 2 N–H and O–H groups in total. The second-order valence-electron chi connectivity index (χ2n) is 16.7. The molecule has 0 aliphatic heterocycles. The van der Waals surface area contributed by atoms with Crippen molar-refractivity contribution in [1.82, 2.24) is 0 Å². The van der Waals surface area contributed by atoms with E-state index in [1.54, 1.807) is 20.8 Å². The van der Waals surface area contributed by atoms with Crippen molar-refractivity contribution in [2.24, 2.45) is 45.3 Å². The quantitative estimate of drug-likeness (QED) is 0.166. The Labute approximate surface area is 280 Å². The molecule has 9 heteroatoms. The molecule has 0 aromatic rings. The van der Waals surface area contributed by atoms with Crippen molar-refractivity contribution in [3.8, 4) is 0 Å². The molecule has 1 unspecified atom stereocenters. The lowest BCUT2D eigenvalue weighted by Gasteiger charge is -2.69. The van der Waals surface area contributed by atoms with Gasteiger partial charge >= 0.3 is 17.9 Å². The summed E-state index contributed by atoms with van der Waals surface area (Å²) in [5, 5.41) is 23.6. The molecule has 8 nitrogen and oxygen atoms in total. The first-order valence-corrected chi connectivity index (χ1v) is 17.5. The van der Waals surface area contributed by atoms with Gasteiger partial charge in [0.25, 0.3) is 0 Å². The highest BCUT2D eigenvalue weighted by Crippen LogP contribution is 2.74. The summed E-state index contributed by atoms with van der Waals surface area (Å²) in [4.78, 5) is 38.9. The average molecular weight is 665 g/mol. The average Bonchev–Trinajstić information content (AvgIpc) is 3.21. The first-order valence-electron chi connectivity index (χ1n) is 17.1. The molecule has 4 aliphatic rings. The summed E-state index contributed by atoms with van der Waals surface area (Å²) in [6, 6.07) is 0. The number of ether oxygens (including phenoxy) is 3. The van der Waals surface area contributed by atoms with Crippen LogP contribution >= 0.6 is 11.6 Å². The predicted octanol–water partition coefficient (Wildman–Crippen LogP) is 7.24. The SMILES string of the molecule is CC(=O)O[C@H]1C[C@@]2(C)[C@H](C[C@@H](O)[C@@H]3[C@@]4(C)CC[C@@H](O)[C@@H](C)C4CC[C@@]32C)C1=C(CCC(Cl)=C(C)C)C(=O)OCOC(=O)C(C)(C)C. The van der Waals surface area contributed by atoms with Crippen molar-refractivity contribution >= 4 is 29.5 Å². The van der Waals surface area contributed by atoms with Crippen LogP contribution < -0.4 is 0 Å². The molecular formula is C37H57ClO8. The van der Waals surface area contributed by atoms with Crippen molar-refractivity contribution in [1.29, 1.82) is 0 Å². The standard InChI is InChI=1S/C37H57ClO8/c1-20(2)26(38)12-11-23(32(42)44-19-45-33(43)34(5,6)7)30-25-17-28(41)31-35(8)15-14-27(40)21(3)24(35)13-16-36(31,9)37(25,10)18-29(30)46-22(4)39/h21,24-25,27-29,31,40-41H,11-19H2,1-10H3/t21-,24?,25+,27+,28+,29-,31+,35-,36-,37-/m0/s1. The minimum absolute atomic E-state index is 0.0143. The lowest BCUT2D eigenvalue weighted by atomic mass is 9.36. The van der Waals surface area contributed by atoms with Crippen LogP contribution in [0.5, 0.6) is 0 Å². The highest BCUT2D eigenvalue weighted by molar-refractivity contribution is 6.29. The molecule has 4 rings (SSSR count). The van der Waals surface area contributed by atoms with E-state index in [9.17, 15) is 24.6 Å². The largest absolute Gasteiger partial charge is 0.458 e. The fourth-order valence-corrected chi connectivity index (χ4v) is 10.3. The number of aliphatic hydroxyl groups excluding tert-OH is 2. The van der Waals surface area contributed by atoms with Crippen molar-refractivity contribution in [2.75, 3.05) is 6.79 Å². The topological polar surface area (TPSA) is 119 Å². The van der Waals surface area contributed by atoms with E-state index in [0.29, 0.717) is 41.4 Å². The van der Waals surface area contributed by atoms with E-state index in [-0.39, 0.29) is 41.1 Å². The number of hydrogen-bond donors (Lipinski definition) is 2. The van der Waals surface area contributed by atoms with E-state index >= 15 is 0 Å². The highest BCUT2D eigenvalue weighted by atomic mass is 35.5. The van der Waals surface area contributed by atoms with Crippen LogP contribution in [0.15, 0.2) is 21.8 Å². The van der Waals surface area contributed by atoms with E-state index in [1.165, 1.54) is 6.92 Å². The van der Waals surface area contributed by atoms with E-state index in [0.717, 1.165) is 31.3 Å². The molecule has 0 amide bonds. The molecule has 46 heavy (non-hydrogen) atoms. The zero-order valence-electron chi connectivity index (χ0n) is 29.6. The third kappa shape index (κ3) is 6.44. The summed E-state index contributed by atoms with van der Waals surface area (Å²) < 4.78 is 16.9. The first kappa shape index (κ1) is 36.9. The van der Waals surface area contributed by atoms with Gasteiger partial charge < -0.3 is 24.4 Å². The van der Waals surface area contributed by atoms with E-state index < -0.39 is 47.7 Å². The van der Waals surface area contributed by atoms with Crippen LogP contribution in [0.4, 0.5) is 0 Å². The molecule has 4 saturated carbocycles. The zero-order chi connectivity index (χ0) is 34.6. The van der Waals surface area contributed by atoms with E-state index in [2.05, 4.69) is 27.7 Å². The monoisotopic (exact) mass is 664 g/mol. The summed E-state index contributed by atoms with van der Waals surface area (Å²) in [7, 11) is 0. The van der Waals surface area contributed by atoms with Crippen LogP contribution in [0.25, 0.3) is 0 Å². The smallest absolute Gasteiger partial charge is 0.336 e. The third-order valence-corrected chi connectivity index (χ3v) is 13.3. The van der Waals surface area contributed by atoms with Crippen LogP contribution in [0, 0.1) is 45.3 Å². The molecule has 10 atom stereocenters. The molecule has 0 aromatic heterocycles. The van der Waals surface area contributed by atoms with Gasteiger partial charge in [-0.05, 0) is 131 Å². The van der Waals surface area contributed by atoms with Crippen LogP contribution in [0.2, 0.25) is 0 Å². The number of halogens is 1. The second kappa shape index (κ2) is 13.2. The van der Waals surface area contributed by atoms with Gasteiger partial charge in [0.15, 0.2) is 0 Å². The van der Waals surface area contributed by atoms with Crippen LogP contribution in [-0.2, 0) is 28.6 Å². The molecular weight excluding hydrogens is 608 g/mol. The predicted molar refractivity (Wildman–Crippen MR) is 176 cm³/mol. The first-order chi connectivity index (χ1) is 21.2. The number of aliphatic hydroxyl groups is 2. The maximum Gasteiger partial charge on any atom is 0.336 e. The maximum atomic E-state index is 13.9. The Kier molecular flexibility index (Phi) is 10.6. The number of esters is 3. The summed E-state index contributed by atoms with van der Waals surface area (Å²) >= 11 is 6.58. The Morgan fingerprint density at radius 1 is 0.935 bits per heavy atom. The lowest BCUT2D eigenvalue weighted by molar-refractivity contribution is -0.234. The van der Waals surface area contributed by atoms with Gasteiger partial charge in [-0.3, -0.25) is 9.59 Å². The van der Waals surface area contributed by atoms with Gasteiger partial charge in [-0.1, -0.05) is 44.9 Å². The lowest BCUT2D eigenvalue weighted by Crippen LogP contribution is -2.65. The third-order valence-electron chi connectivity index (χ3n) is 12.7. The van der Waals surface area contributed by atoms with Crippen LogP contribution in [0.3, 0.4) is 0 Å². The van der Waals surface area contributed by atoms with Gasteiger partial charge in [-0.15, -0.1) is 0 Å². The normalized spacial score (nSPS) is 39.7. The molecule has 0 saturated heterocycles. The van der Waals surface area contributed by atoms with Gasteiger partial charge in [-0.2, -0.15) is 0 Å². The van der Waals surface area contributed by atoms with Crippen molar-refractivity contribution in [3.63, 3.8) is 0 Å². The molecule has 0 spiro atoms. The van der Waals surface area contributed by atoms with E-state index in [4.69, 9.17) is 25.8 Å². The van der Waals surface area contributed by atoms with Gasteiger partial charge in [0.2, 0.25) is 6.79 Å². The Morgan fingerprint density at radius 2 is 1.59 bits per heavy atom. The van der Waals surface area contributed by atoms with Gasteiger partial charge in [0, 0.05) is 17.5 Å². The van der Waals surface area contributed by atoms with Crippen LogP contribution in [-0.4, -0.2) is 53.2 Å². The summed E-state index contributed by atoms with van der Waals surface area (Å²) in [5.41, 5.74) is 0.370. The number of allylic oxidation sites excluding steroid dienone is 2. The summed E-state index contributed by atoms with van der Waals surface area (Å²) in [6.45, 7) is 18.8. The fraction of sp³-hybridized carbons (Fsp3) is 0.811. The van der Waals surface area contributed by atoms with Crippen molar-refractivity contribution in [3.05, 3.63) is 21.8 Å². The summed E-state index contributed by atoms with van der Waals surface area (Å²) in [5.74, 6) is -1.36. The molecule has 0 aromatic carbocycles. The second-order valence-corrected chi connectivity index (χ2v) is 17.1. The Hall–Kier alpha value is -1.90. The number of rotatable bonds is 7. The van der Waals surface area contributed by atoms with Gasteiger partial charge in [0.1, 0.15) is 6.10 Å². The molecule has 0 radical (unpaired) electrons. The molecule has 260 valence electrons. The Bertz CT molecular complexity index is 1280. The number of hydrogen-bond acceptors (Lipinski definition) is 8. The molecule has 0 heterocycles. The highest BCUT2D eigenvalue weighted by Gasteiger charge is 2.70. The number of fused-ring (bicyclic) bond motifs is 5. The molecule has 0 bridgehead atoms. The zero-order valence-corrected chi connectivity index (χ0v) is 30.4.